The fraction of sp³-hybridized carbons (Fsp3) is 0.556. The summed E-state index contributed by atoms with van der Waals surface area (Å²) in [4.78, 5) is 0. The predicted octanol–water partition coefficient (Wildman–Crippen LogP) is 4.59. The molecule has 0 spiro atoms. The van der Waals surface area contributed by atoms with Crippen molar-refractivity contribution >= 4 is 67.2 Å². The molecule has 0 unspecified atom stereocenters. The van der Waals surface area contributed by atoms with E-state index in [0.717, 1.165) is 0 Å². The van der Waals surface area contributed by atoms with Crippen LogP contribution in [-0.4, -0.2) is 67.2 Å². The van der Waals surface area contributed by atoms with E-state index in [9.17, 15) is 0 Å². The van der Waals surface area contributed by atoms with Gasteiger partial charge >= 0.3 is 59.1 Å². The second-order valence-electron chi connectivity index (χ2n) is 7.00. The normalized spacial score (nSPS) is 19.4. The van der Waals surface area contributed by atoms with Gasteiger partial charge in [0.2, 0.25) is 0 Å². The van der Waals surface area contributed by atoms with Gasteiger partial charge in [-0.05, 0) is 65.5 Å². The molecule has 2 aliphatic carbocycles. The van der Waals surface area contributed by atoms with E-state index in [0.29, 0.717) is 0 Å². The second-order valence-corrected chi connectivity index (χ2v) is 11.5. The Bertz CT molecular complexity index is 522. The molecule has 0 atom stereocenters. The van der Waals surface area contributed by atoms with Gasteiger partial charge in [0.1, 0.15) is 8.07 Å². The van der Waals surface area contributed by atoms with Crippen molar-refractivity contribution in [1.29, 1.82) is 0 Å². The average molecular weight is 321 g/mol. The van der Waals surface area contributed by atoms with Crippen molar-refractivity contribution in [2.75, 3.05) is 0 Å². The topological polar surface area (TPSA) is 0 Å². The van der Waals surface area contributed by atoms with Gasteiger partial charge in [-0.1, -0.05) is 45.8 Å². The predicted molar refractivity (Wildman–Crippen MR) is 103 cm³/mol. The third-order valence-electron chi connectivity index (χ3n) is 5.70. The molecule has 2 aliphatic rings. The van der Waals surface area contributed by atoms with Gasteiger partial charge in [0, 0.05) is 0 Å². The molecular weight excluding hydrogens is 290 g/mol. The van der Waals surface area contributed by atoms with Crippen LogP contribution >= 0.6 is 0 Å². The summed E-state index contributed by atoms with van der Waals surface area (Å²) in [6.07, 6.45) is 2.46. The molecular formula is C18H30Na2Si. The molecule has 0 radical (unpaired) electrons. The summed E-state index contributed by atoms with van der Waals surface area (Å²) in [5, 5.41) is 3.55. The summed E-state index contributed by atoms with van der Waals surface area (Å²) < 4.78 is 0. The SMILES string of the molecule is CC1=C(C)C(C)=C([Si](C)(C)C2=C(C)C(C)=C(C)C2)C1.[NaH].[NaH]. The van der Waals surface area contributed by atoms with Gasteiger partial charge in [-0.2, -0.15) is 0 Å². The molecule has 21 heavy (non-hydrogen) atoms. The zero-order valence-corrected chi connectivity index (χ0v) is 14.9. The van der Waals surface area contributed by atoms with Gasteiger partial charge in [0.15, 0.2) is 0 Å². The van der Waals surface area contributed by atoms with E-state index < -0.39 is 8.07 Å². The maximum atomic E-state index is 2.56. The first-order valence-corrected chi connectivity index (χ1v) is 10.4. The van der Waals surface area contributed by atoms with Crippen molar-refractivity contribution in [3.8, 4) is 0 Å². The van der Waals surface area contributed by atoms with Crippen molar-refractivity contribution in [1.82, 2.24) is 0 Å². The molecule has 0 aromatic heterocycles. The van der Waals surface area contributed by atoms with E-state index in [2.05, 4.69) is 54.6 Å². The Morgan fingerprint density at radius 2 is 0.857 bits per heavy atom. The van der Waals surface area contributed by atoms with Gasteiger partial charge in [-0.15, -0.1) is 0 Å². The van der Waals surface area contributed by atoms with Crippen molar-refractivity contribution in [3.05, 3.63) is 43.8 Å². The van der Waals surface area contributed by atoms with Crippen LogP contribution in [0.5, 0.6) is 0 Å². The molecule has 0 aliphatic heterocycles. The fourth-order valence-electron chi connectivity index (χ4n) is 3.72. The molecule has 0 amide bonds. The quantitative estimate of drug-likeness (QED) is 0.653. The molecule has 0 fully saturated rings. The van der Waals surface area contributed by atoms with Gasteiger partial charge in [-0.25, -0.2) is 0 Å². The minimum atomic E-state index is -1.45. The Morgan fingerprint density at radius 1 is 0.571 bits per heavy atom. The van der Waals surface area contributed by atoms with E-state index in [1.807, 2.05) is 0 Å². The molecule has 108 valence electrons. The van der Waals surface area contributed by atoms with Crippen LogP contribution < -0.4 is 0 Å². The molecule has 0 nitrogen and oxygen atoms in total. The Labute approximate surface area is 176 Å². The van der Waals surface area contributed by atoms with Crippen LogP contribution in [0.15, 0.2) is 43.8 Å². The summed E-state index contributed by atoms with van der Waals surface area (Å²) in [7, 11) is -1.45. The van der Waals surface area contributed by atoms with Crippen molar-refractivity contribution in [3.63, 3.8) is 0 Å². The van der Waals surface area contributed by atoms with Gasteiger partial charge in [0.05, 0.1) is 0 Å². The van der Waals surface area contributed by atoms with E-state index >= 15 is 0 Å². The van der Waals surface area contributed by atoms with Gasteiger partial charge in [-0.3, -0.25) is 0 Å². The van der Waals surface area contributed by atoms with E-state index in [1.54, 1.807) is 43.8 Å². The summed E-state index contributed by atoms with van der Waals surface area (Å²) >= 11 is 0. The van der Waals surface area contributed by atoms with Crippen LogP contribution in [0, 0.1) is 0 Å². The second kappa shape index (κ2) is 7.83. The molecule has 0 saturated carbocycles. The van der Waals surface area contributed by atoms with Crippen LogP contribution in [-0.2, 0) is 0 Å². The zero-order valence-electron chi connectivity index (χ0n) is 13.9. The van der Waals surface area contributed by atoms with Crippen LogP contribution in [0.4, 0.5) is 0 Å². The van der Waals surface area contributed by atoms with Crippen molar-refractivity contribution in [2.45, 2.75) is 67.5 Å². The van der Waals surface area contributed by atoms with Crippen LogP contribution in [0.1, 0.15) is 54.4 Å². The summed E-state index contributed by atoms with van der Waals surface area (Å²) in [6.45, 7) is 19.0. The van der Waals surface area contributed by atoms with E-state index in [1.165, 1.54) is 12.8 Å². The van der Waals surface area contributed by atoms with Crippen LogP contribution in [0.25, 0.3) is 0 Å². The van der Waals surface area contributed by atoms with Crippen molar-refractivity contribution < 1.29 is 0 Å². The number of hydrogen-bond acceptors (Lipinski definition) is 0. The third kappa shape index (κ3) is 3.82. The van der Waals surface area contributed by atoms with E-state index in [4.69, 9.17) is 0 Å². The van der Waals surface area contributed by atoms with Crippen LogP contribution in [0.2, 0.25) is 13.1 Å². The molecule has 0 saturated heterocycles. The number of allylic oxidation sites excluding steroid dienone is 8. The van der Waals surface area contributed by atoms with Gasteiger partial charge < -0.3 is 0 Å². The fourth-order valence-corrected chi connectivity index (χ4v) is 7.74. The Morgan fingerprint density at radius 3 is 1.05 bits per heavy atom. The molecule has 2 rings (SSSR count). The molecule has 0 bridgehead atoms. The summed E-state index contributed by atoms with van der Waals surface area (Å²) in [6, 6.07) is 0. The summed E-state index contributed by atoms with van der Waals surface area (Å²) in [5.41, 5.74) is 9.46. The molecule has 3 heteroatoms. The molecule has 0 heterocycles. The Kier molecular flexibility index (Phi) is 8.27. The Hall–Kier alpha value is 1.18. The zero-order chi connectivity index (χ0) is 14.5. The minimum absolute atomic E-state index is 0. The van der Waals surface area contributed by atoms with Crippen LogP contribution in [0.3, 0.4) is 0 Å². The number of rotatable bonds is 2. The summed E-state index contributed by atoms with van der Waals surface area (Å²) in [5.74, 6) is 0. The standard InChI is InChI=1S/C18H28Si.2Na.2H/c1-11-9-17(15(5)13(11)3)19(7,8)18-10-12(2)14(4)16(18)6;;;;/h9-10H2,1-8H3;;;;. The molecule has 0 N–H and O–H groups in total. The number of hydrogen-bond donors (Lipinski definition) is 0. The third-order valence-corrected chi connectivity index (χ3v) is 9.82. The maximum absolute atomic E-state index is 2.56. The van der Waals surface area contributed by atoms with Crippen molar-refractivity contribution in [2.24, 2.45) is 0 Å². The van der Waals surface area contributed by atoms with E-state index in [-0.39, 0.29) is 59.1 Å². The first kappa shape index (κ1) is 22.2. The average Bonchev–Trinajstić information content (AvgIpc) is 2.75. The molecule has 0 aromatic carbocycles. The monoisotopic (exact) mass is 320 g/mol. The first-order chi connectivity index (χ1) is 8.67. The molecule has 0 aromatic rings. The Balaban J connectivity index is 0.00000200. The first-order valence-electron chi connectivity index (χ1n) is 7.41. The van der Waals surface area contributed by atoms with Gasteiger partial charge in [0.25, 0.3) is 0 Å².